The molecule has 1 aliphatic heterocycles. The summed E-state index contributed by atoms with van der Waals surface area (Å²) in [5.41, 5.74) is 8.54. The fraction of sp³-hybridized carbons (Fsp3) is 0.625. The average Bonchev–Trinajstić information content (AvgIpc) is 2.50. The zero-order chi connectivity index (χ0) is 14.4. The quantitative estimate of drug-likeness (QED) is 0.861. The van der Waals surface area contributed by atoms with Crippen LogP contribution in [0.15, 0.2) is 24.3 Å². The molecule has 1 aliphatic rings. The van der Waals surface area contributed by atoms with Crippen LogP contribution in [0.5, 0.6) is 0 Å². The van der Waals surface area contributed by atoms with Crippen molar-refractivity contribution in [1.29, 1.82) is 0 Å². The molecule has 4 heteroatoms. The van der Waals surface area contributed by atoms with Crippen LogP contribution in [0.3, 0.4) is 0 Å². The van der Waals surface area contributed by atoms with Gasteiger partial charge in [0.2, 0.25) is 0 Å². The fourth-order valence-electron chi connectivity index (χ4n) is 2.96. The Morgan fingerprint density at radius 1 is 1.25 bits per heavy atom. The molecule has 1 aromatic rings. The maximum atomic E-state index is 5.94. The lowest BCUT2D eigenvalue weighted by Crippen LogP contribution is -2.48. The summed E-state index contributed by atoms with van der Waals surface area (Å²) in [6, 6.07) is 8.88. The van der Waals surface area contributed by atoms with Gasteiger partial charge in [0.1, 0.15) is 0 Å². The average molecular weight is 278 g/mol. The summed E-state index contributed by atoms with van der Waals surface area (Å²) in [4.78, 5) is 2.48. The Morgan fingerprint density at radius 3 is 2.65 bits per heavy atom. The fourth-order valence-corrected chi connectivity index (χ4v) is 2.96. The Morgan fingerprint density at radius 2 is 2.00 bits per heavy atom. The van der Waals surface area contributed by atoms with Crippen LogP contribution in [-0.2, 0) is 22.6 Å². The van der Waals surface area contributed by atoms with Gasteiger partial charge in [0, 0.05) is 39.9 Å². The van der Waals surface area contributed by atoms with Gasteiger partial charge < -0.3 is 15.2 Å². The van der Waals surface area contributed by atoms with E-state index in [2.05, 4.69) is 29.2 Å². The molecule has 2 N–H and O–H groups in total. The Kier molecular flexibility index (Phi) is 5.98. The van der Waals surface area contributed by atoms with Crippen molar-refractivity contribution in [3.05, 3.63) is 35.4 Å². The van der Waals surface area contributed by atoms with E-state index in [4.69, 9.17) is 15.2 Å². The van der Waals surface area contributed by atoms with E-state index in [-0.39, 0.29) is 0 Å². The first kappa shape index (κ1) is 15.4. The Bertz CT molecular complexity index is 411. The first-order valence-electron chi connectivity index (χ1n) is 7.31. The normalized spacial score (nSPS) is 23.9. The van der Waals surface area contributed by atoms with E-state index in [0.29, 0.717) is 25.3 Å². The van der Waals surface area contributed by atoms with E-state index in [0.717, 1.165) is 25.9 Å². The molecule has 0 radical (unpaired) electrons. The molecule has 0 aliphatic carbocycles. The van der Waals surface area contributed by atoms with Gasteiger partial charge in [-0.05, 0) is 24.0 Å². The highest BCUT2D eigenvalue weighted by Gasteiger charge is 2.27. The second kappa shape index (κ2) is 7.74. The van der Waals surface area contributed by atoms with E-state index in [1.807, 2.05) is 0 Å². The smallest absolute Gasteiger partial charge is 0.0716 e. The lowest BCUT2D eigenvalue weighted by molar-refractivity contribution is 0.00997. The van der Waals surface area contributed by atoms with Crippen molar-refractivity contribution in [3.8, 4) is 0 Å². The molecule has 1 aromatic carbocycles. The first-order valence-corrected chi connectivity index (χ1v) is 7.31. The molecular weight excluding hydrogens is 252 g/mol. The highest BCUT2D eigenvalue weighted by Crippen LogP contribution is 2.22. The van der Waals surface area contributed by atoms with Crippen LogP contribution in [0.1, 0.15) is 24.0 Å². The third kappa shape index (κ3) is 3.79. The van der Waals surface area contributed by atoms with E-state index in [9.17, 15) is 0 Å². The molecule has 0 aromatic heterocycles. The third-order valence-electron chi connectivity index (χ3n) is 4.19. The molecule has 112 valence electrons. The van der Waals surface area contributed by atoms with Crippen LogP contribution in [0.25, 0.3) is 0 Å². The Labute approximate surface area is 121 Å². The van der Waals surface area contributed by atoms with E-state index < -0.39 is 0 Å². The molecule has 0 bridgehead atoms. The van der Waals surface area contributed by atoms with Gasteiger partial charge in [0.25, 0.3) is 0 Å². The molecule has 0 saturated carbocycles. The SMILES string of the molecule is COCc1ccccc1CN1CCC(OC)CC1CN. The minimum Gasteiger partial charge on any atom is -0.381 e. The van der Waals surface area contributed by atoms with Crippen LogP contribution in [0, 0.1) is 0 Å². The van der Waals surface area contributed by atoms with Gasteiger partial charge in [-0.15, -0.1) is 0 Å². The predicted octanol–water partition coefficient (Wildman–Crippen LogP) is 1.77. The summed E-state index contributed by atoms with van der Waals surface area (Å²) in [6.07, 6.45) is 2.47. The summed E-state index contributed by atoms with van der Waals surface area (Å²) in [6.45, 7) is 3.34. The van der Waals surface area contributed by atoms with Crippen LogP contribution < -0.4 is 5.73 Å². The molecule has 1 heterocycles. The molecule has 2 unspecified atom stereocenters. The molecule has 2 rings (SSSR count). The molecular formula is C16H26N2O2. The number of hydrogen-bond acceptors (Lipinski definition) is 4. The lowest BCUT2D eigenvalue weighted by atomic mass is 9.97. The number of methoxy groups -OCH3 is 2. The topological polar surface area (TPSA) is 47.7 Å². The van der Waals surface area contributed by atoms with Gasteiger partial charge in [-0.25, -0.2) is 0 Å². The summed E-state index contributed by atoms with van der Waals surface area (Å²) in [5, 5.41) is 0. The van der Waals surface area contributed by atoms with E-state index >= 15 is 0 Å². The van der Waals surface area contributed by atoms with Crippen molar-refractivity contribution in [2.24, 2.45) is 5.73 Å². The monoisotopic (exact) mass is 278 g/mol. The lowest BCUT2D eigenvalue weighted by Gasteiger charge is -2.38. The van der Waals surface area contributed by atoms with Gasteiger partial charge in [0.05, 0.1) is 12.7 Å². The first-order chi connectivity index (χ1) is 9.78. The molecule has 1 saturated heterocycles. The van der Waals surface area contributed by atoms with Crippen LogP contribution in [0.2, 0.25) is 0 Å². The molecule has 4 nitrogen and oxygen atoms in total. The van der Waals surface area contributed by atoms with Crippen LogP contribution in [0.4, 0.5) is 0 Å². The third-order valence-corrected chi connectivity index (χ3v) is 4.19. The van der Waals surface area contributed by atoms with Crippen molar-refractivity contribution in [1.82, 2.24) is 4.90 Å². The molecule has 0 spiro atoms. The van der Waals surface area contributed by atoms with Gasteiger partial charge >= 0.3 is 0 Å². The Balaban J connectivity index is 2.05. The number of rotatable bonds is 6. The number of ether oxygens (including phenoxy) is 2. The predicted molar refractivity (Wildman–Crippen MR) is 80.4 cm³/mol. The number of benzene rings is 1. The number of nitrogens with two attached hydrogens (primary N) is 1. The van der Waals surface area contributed by atoms with Gasteiger partial charge in [-0.1, -0.05) is 24.3 Å². The Hall–Kier alpha value is -0.940. The minimum atomic E-state index is 0.356. The zero-order valence-electron chi connectivity index (χ0n) is 12.5. The molecule has 1 fully saturated rings. The molecule has 0 amide bonds. The molecule has 2 atom stereocenters. The van der Waals surface area contributed by atoms with Gasteiger partial charge in [-0.2, -0.15) is 0 Å². The van der Waals surface area contributed by atoms with Crippen LogP contribution in [-0.4, -0.2) is 44.4 Å². The number of likely N-dealkylation sites (tertiary alicyclic amines) is 1. The number of nitrogens with zero attached hydrogens (tertiary/aromatic N) is 1. The van der Waals surface area contributed by atoms with Gasteiger partial charge in [0.15, 0.2) is 0 Å². The summed E-state index contributed by atoms with van der Waals surface area (Å²) < 4.78 is 10.8. The summed E-state index contributed by atoms with van der Waals surface area (Å²) in [7, 11) is 3.53. The largest absolute Gasteiger partial charge is 0.381 e. The number of piperidine rings is 1. The maximum absolute atomic E-state index is 5.94. The second-order valence-electron chi connectivity index (χ2n) is 5.44. The highest BCUT2D eigenvalue weighted by atomic mass is 16.5. The van der Waals surface area contributed by atoms with Crippen molar-refractivity contribution in [2.45, 2.75) is 38.1 Å². The van der Waals surface area contributed by atoms with Gasteiger partial charge in [-0.3, -0.25) is 4.90 Å². The summed E-state index contributed by atoms with van der Waals surface area (Å²) >= 11 is 0. The van der Waals surface area contributed by atoms with Crippen molar-refractivity contribution in [3.63, 3.8) is 0 Å². The minimum absolute atomic E-state index is 0.356. The van der Waals surface area contributed by atoms with Crippen molar-refractivity contribution in [2.75, 3.05) is 27.3 Å². The number of hydrogen-bond donors (Lipinski definition) is 1. The summed E-state index contributed by atoms with van der Waals surface area (Å²) in [5.74, 6) is 0. The van der Waals surface area contributed by atoms with Crippen molar-refractivity contribution >= 4 is 0 Å². The second-order valence-corrected chi connectivity index (χ2v) is 5.44. The van der Waals surface area contributed by atoms with Crippen LogP contribution >= 0.6 is 0 Å². The maximum Gasteiger partial charge on any atom is 0.0716 e. The standard InChI is InChI=1S/C16H26N2O2/c1-19-12-14-6-4-3-5-13(14)11-18-8-7-16(20-2)9-15(18)10-17/h3-6,15-16H,7-12,17H2,1-2H3. The van der Waals surface area contributed by atoms with E-state index in [1.165, 1.54) is 11.1 Å². The van der Waals surface area contributed by atoms with E-state index in [1.54, 1.807) is 14.2 Å². The van der Waals surface area contributed by atoms with Crippen molar-refractivity contribution < 1.29 is 9.47 Å². The zero-order valence-corrected chi connectivity index (χ0v) is 12.5. The highest BCUT2D eigenvalue weighted by molar-refractivity contribution is 5.26. The molecule has 20 heavy (non-hydrogen) atoms.